The molecule has 75 heavy (non-hydrogen) atoms. The highest BCUT2D eigenvalue weighted by molar-refractivity contribution is 5.71. The second-order valence-electron chi connectivity index (χ2n) is 22.7. The summed E-state index contributed by atoms with van der Waals surface area (Å²) >= 11 is 0. The highest BCUT2D eigenvalue weighted by atomic mass is 16.6. The fraction of sp³-hybridized carbons (Fsp3) is 0.870. The van der Waals surface area contributed by atoms with Crippen molar-refractivity contribution >= 4 is 17.9 Å². The van der Waals surface area contributed by atoms with Gasteiger partial charge in [0.2, 0.25) is 0 Å². The minimum absolute atomic E-state index is 0.0693. The molecule has 0 heterocycles. The molecule has 6 heteroatoms. The summed E-state index contributed by atoms with van der Waals surface area (Å²) in [6.45, 7) is 6.66. The van der Waals surface area contributed by atoms with Gasteiger partial charge in [0, 0.05) is 19.3 Å². The fourth-order valence-electron chi connectivity index (χ4n) is 10.1. The normalized spacial score (nSPS) is 12.2. The molecular formula is C69H128O6. The summed E-state index contributed by atoms with van der Waals surface area (Å²) in [6, 6.07) is 0. The molecular weight excluding hydrogens is 925 g/mol. The SMILES string of the molecule is CCCCC/C=C\CCCCCCCC(=O)OCC(COC(=O)CCCCCCCCCCCCCCCCCCC/C=C\C/C=C\CCCCCCC)OC(=O)CCCCCCCCCCCCCCCCCC. The Morgan fingerprint density at radius 2 is 0.480 bits per heavy atom. The standard InChI is InChI=1S/C69H128O6/c1-4-7-10-13-16-19-22-25-27-29-30-31-32-33-34-35-36-37-38-39-40-41-43-44-47-50-53-56-59-62-68(71)74-65-66(64-73-67(70)61-58-55-52-49-46-24-21-18-15-12-9-6-3)75-69(72)63-60-57-54-51-48-45-42-28-26-23-20-17-14-11-8-5-2/h18,21-22,25,29-30,66H,4-17,19-20,23-24,26-28,31-65H2,1-3H3/b21-18-,25-22-,30-29-. The number of unbranched alkanes of at least 4 members (excludes halogenated alkanes) is 45. The van der Waals surface area contributed by atoms with Crippen molar-refractivity contribution in [1.82, 2.24) is 0 Å². The first kappa shape index (κ1) is 72.6. The second kappa shape index (κ2) is 64.2. The molecule has 1 atom stereocenters. The number of ether oxygens (including phenoxy) is 3. The number of hydrogen-bond donors (Lipinski definition) is 0. The fourth-order valence-corrected chi connectivity index (χ4v) is 10.1. The first-order valence-electron chi connectivity index (χ1n) is 33.5. The quantitative estimate of drug-likeness (QED) is 0.0261. The van der Waals surface area contributed by atoms with E-state index >= 15 is 0 Å². The third-order valence-electron chi connectivity index (χ3n) is 15.1. The van der Waals surface area contributed by atoms with Crippen molar-refractivity contribution in [2.75, 3.05) is 13.2 Å². The van der Waals surface area contributed by atoms with E-state index in [1.54, 1.807) is 0 Å². The summed E-state index contributed by atoms with van der Waals surface area (Å²) in [6.07, 6.45) is 78.8. The Morgan fingerprint density at radius 3 is 0.773 bits per heavy atom. The lowest BCUT2D eigenvalue weighted by Crippen LogP contribution is -2.30. The molecule has 0 amide bonds. The average molecular weight is 1050 g/mol. The van der Waals surface area contributed by atoms with Crippen LogP contribution >= 0.6 is 0 Å². The summed E-state index contributed by atoms with van der Waals surface area (Å²) in [5.41, 5.74) is 0. The van der Waals surface area contributed by atoms with Crippen molar-refractivity contribution in [2.45, 2.75) is 374 Å². The van der Waals surface area contributed by atoms with Crippen molar-refractivity contribution in [3.63, 3.8) is 0 Å². The molecule has 0 spiro atoms. The van der Waals surface area contributed by atoms with Gasteiger partial charge in [-0.3, -0.25) is 14.4 Å². The molecule has 0 rings (SSSR count). The van der Waals surface area contributed by atoms with Crippen LogP contribution in [0.3, 0.4) is 0 Å². The van der Waals surface area contributed by atoms with Crippen LogP contribution in [0, 0.1) is 0 Å². The average Bonchev–Trinajstić information content (AvgIpc) is 3.41. The van der Waals surface area contributed by atoms with Gasteiger partial charge in [-0.25, -0.2) is 0 Å². The molecule has 1 unspecified atom stereocenters. The minimum Gasteiger partial charge on any atom is -0.462 e. The molecule has 0 aliphatic heterocycles. The molecule has 0 radical (unpaired) electrons. The van der Waals surface area contributed by atoms with Crippen molar-refractivity contribution in [3.8, 4) is 0 Å². The summed E-state index contributed by atoms with van der Waals surface area (Å²) in [4.78, 5) is 38.3. The van der Waals surface area contributed by atoms with Gasteiger partial charge in [-0.2, -0.15) is 0 Å². The molecule has 0 saturated heterocycles. The predicted octanol–water partition coefficient (Wildman–Crippen LogP) is 22.8. The molecule has 0 aliphatic rings. The molecule has 0 aromatic carbocycles. The molecule has 0 aromatic heterocycles. The van der Waals surface area contributed by atoms with Crippen LogP contribution in [-0.2, 0) is 28.6 Å². The third kappa shape index (κ3) is 62.4. The zero-order valence-electron chi connectivity index (χ0n) is 50.6. The van der Waals surface area contributed by atoms with E-state index in [9.17, 15) is 14.4 Å². The monoisotopic (exact) mass is 1050 g/mol. The first-order valence-corrected chi connectivity index (χ1v) is 33.5. The van der Waals surface area contributed by atoms with E-state index in [0.29, 0.717) is 19.3 Å². The van der Waals surface area contributed by atoms with Gasteiger partial charge >= 0.3 is 17.9 Å². The smallest absolute Gasteiger partial charge is 0.306 e. The number of esters is 3. The predicted molar refractivity (Wildman–Crippen MR) is 326 cm³/mol. The zero-order valence-corrected chi connectivity index (χ0v) is 50.6. The molecule has 440 valence electrons. The van der Waals surface area contributed by atoms with E-state index in [4.69, 9.17) is 14.2 Å². The Bertz CT molecular complexity index is 1250. The highest BCUT2D eigenvalue weighted by Gasteiger charge is 2.19. The van der Waals surface area contributed by atoms with E-state index in [0.717, 1.165) is 70.6 Å². The number of hydrogen-bond acceptors (Lipinski definition) is 6. The summed E-state index contributed by atoms with van der Waals surface area (Å²) in [5.74, 6) is -0.854. The Labute approximate surface area is 467 Å². The van der Waals surface area contributed by atoms with E-state index in [1.165, 1.54) is 257 Å². The highest BCUT2D eigenvalue weighted by Crippen LogP contribution is 2.18. The van der Waals surface area contributed by atoms with Crippen LogP contribution in [0.25, 0.3) is 0 Å². The summed E-state index contributed by atoms with van der Waals surface area (Å²) in [7, 11) is 0. The number of allylic oxidation sites excluding steroid dienone is 6. The van der Waals surface area contributed by atoms with Gasteiger partial charge in [-0.1, -0.05) is 308 Å². The van der Waals surface area contributed by atoms with Gasteiger partial charge in [0.15, 0.2) is 6.10 Å². The van der Waals surface area contributed by atoms with Crippen LogP contribution in [0.4, 0.5) is 0 Å². The molecule has 0 N–H and O–H groups in total. The maximum Gasteiger partial charge on any atom is 0.306 e. The van der Waals surface area contributed by atoms with Crippen LogP contribution in [0.2, 0.25) is 0 Å². The second-order valence-corrected chi connectivity index (χ2v) is 22.7. The van der Waals surface area contributed by atoms with E-state index in [2.05, 4.69) is 57.2 Å². The van der Waals surface area contributed by atoms with Crippen LogP contribution in [0.1, 0.15) is 367 Å². The van der Waals surface area contributed by atoms with Crippen LogP contribution in [-0.4, -0.2) is 37.2 Å². The van der Waals surface area contributed by atoms with E-state index in [-0.39, 0.29) is 31.1 Å². The van der Waals surface area contributed by atoms with Crippen molar-refractivity contribution in [2.24, 2.45) is 0 Å². The van der Waals surface area contributed by atoms with Gasteiger partial charge in [0.1, 0.15) is 13.2 Å². The minimum atomic E-state index is -0.771. The Kier molecular flexibility index (Phi) is 62.1. The molecule has 0 aliphatic carbocycles. The van der Waals surface area contributed by atoms with Gasteiger partial charge < -0.3 is 14.2 Å². The molecule has 0 fully saturated rings. The lowest BCUT2D eigenvalue weighted by molar-refractivity contribution is -0.167. The van der Waals surface area contributed by atoms with Gasteiger partial charge in [-0.05, 0) is 77.0 Å². The van der Waals surface area contributed by atoms with Crippen LogP contribution in [0.15, 0.2) is 36.5 Å². The topological polar surface area (TPSA) is 78.9 Å². The number of carbonyl (C=O) groups excluding carboxylic acids is 3. The largest absolute Gasteiger partial charge is 0.462 e. The zero-order chi connectivity index (χ0) is 54.3. The summed E-state index contributed by atoms with van der Waals surface area (Å²) in [5, 5.41) is 0. The third-order valence-corrected chi connectivity index (χ3v) is 15.1. The van der Waals surface area contributed by atoms with Crippen LogP contribution in [0.5, 0.6) is 0 Å². The maximum atomic E-state index is 12.9. The van der Waals surface area contributed by atoms with Gasteiger partial charge in [0.05, 0.1) is 0 Å². The van der Waals surface area contributed by atoms with Crippen molar-refractivity contribution < 1.29 is 28.6 Å². The molecule has 0 saturated carbocycles. The first-order chi connectivity index (χ1) is 37.0. The van der Waals surface area contributed by atoms with Crippen molar-refractivity contribution in [1.29, 1.82) is 0 Å². The summed E-state index contributed by atoms with van der Waals surface area (Å²) < 4.78 is 16.9. The van der Waals surface area contributed by atoms with E-state index in [1.807, 2.05) is 0 Å². The molecule has 6 nitrogen and oxygen atoms in total. The number of carbonyl (C=O) groups is 3. The van der Waals surface area contributed by atoms with Gasteiger partial charge in [0.25, 0.3) is 0 Å². The Hall–Kier alpha value is -2.37. The Balaban J connectivity index is 4.15. The van der Waals surface area contributed by atoms with Crippen LogP contribution < -0.4 is 0 Å². The van der Waals surface area contributed by atoms with E-state index < -0.39 is 6.10 Å². The van der Waals surface area contributed by atoms with Gasteiger partial charge in [-0.15, -0.1) is 0 Å². The molecule has 0 aromatic rings. The number of rotatable bonds is 62. The lowest BCUT2D eigenvalue weighted by Gasteiger charge is -2.18. The van der Waals surface area contributed by atoms with Crippen molar-refractivity contribution in [3.05, 3.63) is 36.5 Å². The lowest BCUT2D eigenvalue weighted by atomic mass is 10.0. The molecule has 0 bridgehead atoms. The Morgan fingerprint density at radius 1 is 0.267 bits per heavy atom. The maximum absolute atomic E-state index is 12.9.